The number of rotatable bonds is 11. The number of urea groups is 1. The van der Waals surface area contributed by atoms with E-state index in [1.165, 1.54) is 0 Å². The summed E-state index contributed by atoms with van der Waals surface area (Å²) in [4.78, 5) is 65.0. The van der Waals surface area contributed by atoms with Crippen molar-refractivity contribution in [1.82, 2.24) is 35.3 Å². The number of anilines is 2. The van der Waals surface area contributed by atoms with Gasteiger partial charge in [-0.05, 0) is 80.3 Å². The Morgan fingerprint density at radius 3 is 2.44 bits per heavy atom. The number of nitrogens with zero attached hydrogens (tertiary/aromatic N) is 6. The summed E-state index contributed by atoms with van der Waals surface area (Å²) in [5, 5.41) is 10.8. The number of piperazine rings is 1. The number of amides is 4. The van der Waals surface area contributed by atoms with Crippen LogP contribution in [0.25, 0.3) is 22.0 Å². The van der Waals surface area contributed by atoms with Crippen LogP contribution in [0.5, 0.6) is 0 Å². The van der Waals surface area contributed by atoms with Crippen LogP contribution in [0, 0.1) is 6.92 Å². The molecule has 5 aromatic rings. The molecule has 13 heteroatoms. The molecule has 2 saturated heterocycles. The monoisotopic (exact) mass is 729 g/mol. The smallest absolute Gasteiger partial charge is 0.328 e. The summed E-state index contributed by atoms with van der Waals surface area (Å²) in [5.74, 6) is 0.367. The topological polar surface area (TPSA) is 149 Å². The second-order valence-electron chi connectivity index (χ2n) is 14.4. The number of benzene rings is 2. The second kappa shape index (κ2) is 15.7. The first-order valence-corrected chi connectivity index (χ1v) is 18.7. The number of nitrogens with one attached hydrogen (secondary N) is 3. The minimum absolute atomic E-state index is 0.0824. The molecule has 3 N–H and O–H groups in total. The molecule has 0 spiro atoms. The minimum atomic E-state index is -0.375. The number of imide groups is 1. The van der Waals surface area contributed by atoms with E-state index in [1.54, 1.807) is 11.1 Å². The van der Waals surface area contributed by atoms with Gasteiger partial charge in [-0.2, -0.15) is 5.10 Å². The minimum Gasteiger partial charge on any atom is -0.354 e. The van der Waals surface area contributed by atoms with Crippen molar-refractivity contribution in [3.05, 3.63) is 105 Å². The molecule has 2 aromatic carbocycles. The number of carbonyl (C=O) groups is 3. The maximum absolute atomic E-state index is 13.9. The maximum Gasteiger partial charge on any atom is 0.328 e. The third-order valence-corrected chi connectivity index (χ3v) is 10.3. The lowest BCUT2D eigenvalue weighted by Gasteiger charge is -2.36. The molecule has 2 aliphatic heterocycles. The van der Waals surface area contributed by atoms with E-state index in [0.29, 0.717) is 24.2 Å². The highest BCUT2D eigenvalue weighted by Gasteiger charge is 2.27. The number of hydrogen-bond acceptors (Lipinski definition) is 8. The Balaban J connectivity index is 1.06. The number of para-hydroxylation sites is 1. The van der Waals surface area contributed by atoms with Gasteiger partial charge in [0.2, 0.25) is 5.91 Å². The number of fused-ring (bicyclic) bond motifs is 1. The molecule has 0 aliphatic carbocycles. The molecule has 2 fully saturated rings. The number of H-pyrrole nitrogens is 1. The number of aryl methyl sites for hydroxylation is 2. The number of carbonyl (C=O) groups excluding carboxylic acids is 3. The van der Waals surface area contributed by atoms with Crippen molar-refractivity contribution in [2.75, 3.05) is 42.5 Å². The van der Waals surface area contributed by atoms with Gasteiger partial charge in [-0.1, -0.05) is 31.5 Å². The zero-order valence-electron chi connectivity index (χ0n) is 31.3. The van der Waals surface area contributed by atoms with Gasteiger partial charge in [-0.25, -0.2) is 9.78 Å². The van der Waals surface area contributed by atoms with Crippen LogP contribution in [0.15, 0.2) is 71.8 Å². The molecular formula is C41H47N9O4. The second-order valence-corrected chi connectivity index (χ2v) is 14.4. The molecule has 280 valence electrons. The van der Waals surface area contributed by atoms with E-state index in [-0.39, 0.29) is 42.4 Å². The fraction of sp³-hybridized carbons (Fsp3) is 0.366. The van der Waals surface area contributed by atoms with Gasteiger partial charge >= 0.3 is 6.03 Å². The number of hydrogen-bond donors (Lipinski definition) is 3. The van der Waals surface area contributed by atoms with Gasteiger partial charge < -0.3 is 15.2 Å². The Bertz CT molecular complexity index is 2250. The van der Waals surface area contributed by atoms with Gasteiger partial charge in [0.1, 0.15) is 5.82 Å². The van der Waals surface area contributed by atoms with Crippen LogP contribution in [0.4, 0.5) is 16.3 Å². The molecule has 3 aromatic heterocycles. The molecule has 0 saturated carbocycles. The quantitative estimate of drug-likeness (QED) is 0.165. The largest absolute Gasteiger partial charge is 0.354 e. The Morgan fingerprint density at radius 2 is 1.72 bits per heavy atom. The molecule has 0 unspecified atom stereocenters. The summed E-state index contributed by atoms with van der Waals surface area (Å²) >= 11 is 0. The van der Waals surface area contributed by atoms with Gasteiger partial charge in [-0.3, -0.25) is 34.2 Å². The Kier molecular flexibility index (Phi) is 10.6. The summed E-state index contributed by atoms with van der Waals surface area (Å²) in [7, 11) is 0. The molecule has 0 bridgehead atoms. The maximum atomic E-state index is 13.9. The fourth-order valence-corrected chi connectivity index (χ4v) is 7.47. The molecule has 0 radical (unpaired) electrons. The fourth-order valence-electron chi connectivity index (χ4n) is 7.47. The Labute approximate surface area is 314 Å². The average molecular weight is 730 g/mol. The van der Waals surface area contributed by atoms with Gasteiger partial charge in [0.05, 0.1) is 17.3 Å². The van der Waals surface area contributed by atoms with Crippen molar-refractivity contribution in [3.63, 3.8) is 0 Å². The molecule has 0 atom stereocenters. The van der Waals surface area contributed by atoms with Crippen LogP contribution in [0.2, 0.25) is 0 Å². The normalized spacial score (nSPS) is 15.3. The summed E-state index contributed by atoms with van der Waals surface area (Å²) < 4.78 is 1.92. The number of aromatic nitrogens is 4. The van der Waals surface area contributed by atoms with Crippen molar-refractivity contribution >= 4 is 40.3 Å². The van der Waals surface area contributed by atoms with E-state index < -0.39 is 0 Å². The van der Waals surface area contributed by atoms with Crippen LogP contribution in [0.1, 0.15) is 72.4 Å². The van der Waals surface area contributed by atoms with E-state index in [9.17, 15) is 19.2 Å². The molecule has 5 heterocycles. The summed E-state index contributed by atoms with van der Waals surface area (Å²) in [6, 6.07) is 17.6. The summed E-state index contributed by atoms with van der Waals surface area (Å²) in [6.45, 7) is 12.5. The lowest BCUT2D eigenvalue weighted by atomic mass is 10.00. The van der Waals surface area contributed by atoms with E-state index in [4.69, 9.17) is 4.98 Å². The Morgan fingerprint density at radius 1 is 0.926 bits per heavy atom. The van der Waals surface area contributed by atoms with Gasteiger partial charge in [-0.15, -0.1) is 0 Å². The SMILES string of the molecule is CCCc1cc(C)[nH]c(=O)c1CNC(=O)c1cc(-c2ccc(N3CCN(Cc4ccccc4N4CCC(=O)NC4=O)CC3)nc2)cc2c1cnn2C(C)C. The first-order chi connectivity index (χ1) is 26.1. The average Bonchev–Trinajstić information content (AvgIpc) is 3.60. The molecule has 2 aliphatic rings. The first kappa shape index (κ1) is 36.5. The van der Waals surface area contributed by atoms with E-state index in [0.717, 1.165) is 89.4 Å². The number of aromatic amines is 1. The van der Waals surface area contributed by atoms with E-state index in [2.05, 4.69) is 57.4 Å². The molecule has 4 amide bonds. The van der Waals surface area contributed by atoms with Crippen molar-refractivity contribution in [2.24, 2.45) is 0 Å². The van der Waals surface area contributed by atoms with Crippen molar-refractivity contribution < 1.29 is 14.4 Å². The van der Waals surface area contributed by atoms with Crippen molar-refractivity contribution in [3.8, 4) is 11.1 Å². The van der Waals surface area contributed by atoms with Gasteiger partial charge in [0, 0.05) is 92.4 Å². The van der Waals surface area contributed by atoms with Gasteiger partial charge in [0.25, 0.3) is 11.5 Å². The summed E-state index contributed by atoms with van der Waals surface area (Å²) in [5.41, 5.74) is 7.12. The van der Waals surface area contributed by atoms with Crippen LogP contribution < -0.4 is 26.0 Å². The van der Waals surface area contributed by atoms with Crippen LogP contribution >= 0.6 is 0 Å². The highest BCUT2D eigenvalue weighted by molar-refractivity contribution is 6.08. The lowest BCUT2D eigenvalue weighted by molar-refractivity contribution is -0.120. The molecular weight excluding hydrogens is 683 g/mol. The van der Waals surface area contributed by atoms with Crippen LogP contribution in [0.3, 0.4) is 0 Å². The van der Waals surface area contributed by atoms with E-state index in [1.807, 2.05) is 66.3 Å². The van der Waals surface area contributed by atoms with Crippen molar-refractivity contribution in [2.45, 2.75) is 66.1 Å². The highest BCUT2D eigenvalue weighted by atomic mass is 16.2. The zero-order valence-corrected chi connectivity index (χ0v) is 31.3. The molecule has 54 heavy (non-hydrogen) atoms. The third-order valence-electron chi connectivity index (χ3n) is 10.3. The van der Waals surface area contributed by atoms with Gasteiger partial charge in [0.15, 0.2) is 0 Å². The summed E-state index contributed by atoms with van der Waals surface area (Å²) in [6.07, 6.45) is 5.53. The zero-order chi connectivity index (χ0) is 37.9. The molecule has 13 nitrogen and oxygen atoms in total. The predicted molar refractivity (Wildman–Crippen MR) is 210 cm³/mol. The predicted octanol–water partition coefficient (Wildman–Crippen LogP) is 5.33. The number of pyridine rings is 2. The standard InChI is InChI=1S/C41H47N9O4/c1-5-8-28-19-27(4)45-40(53)33(28)23-43-39(52)32-20-31(21-36-34(32)24-44-50(36)26(2)3)29-11-12-37(42-22-29)48-17-15-47(16-18-48)25-30-9-6-7-10-35(30)49-14-13-38(51)46-41(49)54/h6-7,9-12,19-22,24,26H,5,8,13-18,23,25H2,1-4H3,(H,43,52)(H,45,53)(H,46,51,54). The highest BCUT2D eigenvalue weighted by Crippen LogP contribution is 2.31. The van der Waals surface area contributed by atoms with E-state index >= 15 is 0 Å². The van der Waals surface area contributed by atoms with Crippen molar-refractivity contribution in [1.29, 1.82) is 0 Å². The molecule has 7 rings (SSSR count). The first-order valence-electron chi connectivity index (χ1n) is 18.7. The van der Waals surface area contributed by atoms with Crippen LogP contribution in [-0.2, 0) is 24.3 Å². The van der Waals surface area contributed by atoms with Crippen LogP contribution in [-0.4, -0.2) is 75.2 Å². The third kappa shape index (κ3) is 7.63. The lowest BCUT2D eigenvalue weighted by Crippen LogP contribution is -2.50. The Hall–Kier alpha value is -5.82.